The van der Waals surface area contributed by atoms with Crippen LogP contribution in [0.25, 0.3) is 0 Å². The molecule has 0 fully saturated rings. The van der Waals surface area contributed by atoms with E-state index in [1.54, 1.807) is 0 Å². The van der Waals surface area contributed by atoms with Crippen molar-refractivity contribution in [2.75, 3.05) is 18.8 Å². The number of nitrogens with one attached hydrogen (secondary N) is 1. The van der Waals surface area contributed by atoms with Crippen LogP contribution in [0.3, 0.4) is 0 Å². The summed E-state index contributed by atoms with van der Waals surface area (Å²) >= 11 is 5.69. The van der Waals surface area contributed by atoms with E-state index in [2.05, 4.69) is 5.32 Å². The number of nitrogens with two attached hydrogens (primary N) is 1. The van der Waals surface area contributed by atoms with Crippen LogP contribution in [0.5, 0.6) is 0 Å². The fourth-order valence-electron chi connectivity index (χ4n) is 1.44. The smallest absolute Gasteiger partial charge is 0.220 e. The molecule has 1 aromatic rings. The summed E-state index contributed by atoms with van der Waals surface area (Å²) in [5.41, 5.74) is 5.28. The van der Waals surface area contributed by atoms with Gasteiger partial charge in [-0.2, -0.15) is 0 Å². The third-order valence-corrected chi connectivity index (χ3v) is 4.46. The van der Waals surface area contributed by atoms with Crippen molar-refractivity contribution in [3.05, 3.63) is 29.3 Å². The van der Waals surface area contributed by atoms with Gasteiger partial charge in [0, 0.05) is 18.0 Å². The molecule has 3 N–H and O–H groups in total. The molecule has 20 heavy (non-hydrogen) atoms. The van der Waals surface area contributed by atoms with E-state index >= 15 is 0 Å². The van der Waals surface area contributed by atoms with Gasteiger partial charge in [-0.1, -0.05) is 11.6 Å². The number of rotatable bonds is 7. The summed E-state index contributed by atoms with van der Waals surface area (Å²) in [6, 6.07) is 5.95. The van der Waals surface area contributed by atoms with Gasteiger partial charge in [0.25, 0.3) is 0 Å². The Bertz CT molecular complexity index is 518. The van der Waals surface area contributed by atoms with Crippen LogP contribution in [0.4, 0.5) is 0 Å². The van der Waals surface area contributed by atoms with Crippen molar-refractivity contribution in [3.63, 3.8) is 0 Å². The molecular formula is C12H18Cl2N2O3S. The van der Waals surface area contributed by atoms with Crippen LogP contribution in [0, 0.1) is 0 Å². The van der Waals surface area contributed by atoms with Crippen LogP contribution in [0.15, 0.2) is 29.2 Å². The molecule has 1 aromatic carbocycles. The standard InChI is InChI=1S/C12H17ClN2O3S.ClH/c13-10-3-5-11(6-4-10)19(17,18)9-8-15-12(16)2-1-7-14;/h3-6H,1-2,7-9,14H2,(H,15,16);1H. The maximum atomic E-state index is 11.9. The Morgan fingerprint density at radius 3 is 2.40 bits per heavy atom. The molecule has 1 amide bonds. The predicted molar refractivity (Wildman–Crippen MR) is 82.1 cm³/mol. The second-order valence-electron chi connectivity index (χ2n) is 4.01. The van der Waals surface area contributed by atoms with Gasteiger partial charge in [-0.3, -0.25) is 4.79 Å². The summed E-state index contributed by atoms with van der Waals surface area (Å²) in [5.74, 6) is -0.319. The Morgan fingerprint density at radius 1 is 1.25 bits per heavy atom. The maximum absolute atomic E-state index is 11.9. The monoisotopic (exact) mass is 340 g/mol. The molecule has 5 nitrogen and oxygen atoms in total. The topological polar surface area (TPSA) is 89.3 Å². The minimum Gasteiger partial charge on any atom is -0.355 e. The third-order valence-electron chi connectivity index (χ3n) is 2.47. The second kappa shape index (κ2) is 9.18. The van der Waals surface area contributed by atoms with Crippen molar-refractivity contribution in [1.29, 1.82) is 0 Å². The minimum atomic E-state index is -3.39. The molecule has 0 unspecified atom stereocenters. The molecule has 0 bridgehead atoms. The molecule has 0 aliphatic rings. The predicted octanol–water partition coefficient (Wildman–Crippen LogP) is 1.39. The van der Waals surface area contributed by atoms with Crippen LogP contribution in [-0.2, 0) is 14.6 Å². The number of carbonyl (C=O) groups excluding carboxylic acids is 1. The molecular weight excluding hydrogens is 323 g/mol. The zero-order valence-corrected chi connectivity index (χ0v) is 13.2. The molecule has 0 saturated carbocycles. The largest absolute Gasteiger partial charge is 0.355 e. The van der Waals surface area contributed by atoms with Crippen molar-refractivity contribution in [1.82, 2.24) is 5.32 Å². The summed E-state index contributed by atoms with van der Waals surface area (Å²) in [7, 11) is -3.39. The second-order valence-corrected chi connectivity index (χ2v) is 6.56. The number of benzene rings is 1. The highest BCUT2D eigenvalue weighted by molar-refractivity contribution is 7.91. The molecule has 0 aliphatic heterocycles. The summed E-state index contributed by atoms with van der Waals surface area (Å²) in [6.07, 6.45) is 0.910. The van der Waals surface area contributed by atoms with Gasteiger partial charge in [-0.15, -0.1) is 12.4 Å². The minimum absolute atomic E-state index is 0. The highest BCUT2D eigenvalue weighted by atomic mass is 35.5. The first-order valence-corrected chi connectivity index (χ1v) is 7.94. The summed E-state index contributed by atoms with van der Waals surface area (Å²) in [4.78, 5) is 11.5. The van der Waals surface area contributed by atoms with Gasteiger partial charge >= 0.3 is 0 Å². The van der Waals surface area contributed by atoms with Crippen LogP contribution in [-0.4, -0.2) is 33.2 Å². The highest BCUT2D eigenvalue weighted by Crippen LogP contribution is 2.15. The summed E-state index contributed by atoms with van der Waals surface area (Å²) in [6.45, 7) is 0.533. The average molecular weight is 341 g/mol. The number of halogens is 2. The van der Waals surface area contributed by atoms with E-state index in [1.807, 2.05) is 0 Å². The lowest BCUT2D eigenvalue weighted by atomic mass is 10.3. The van der Waals surface area contributed by atoms with Gasteiger partial charge < -0.3 is 11.1 Å². The van der Waals surface area contributed by atoms with Crippen molar-refractivity contribution in [2.24, 2.45) is 5.73 Å². The Morgan fingerprint density at radius 2 is 1.85 bits per heavy atom. The van der Waals surface area contributed by atoms with Crippen LogP contribution in [0.2, 0.25) is 5.02 Å². The fraction of sp³-hybridized carbons (Fsp3) is 0.417. The van der Waals surface area contributed by atoms with E-state index in [-0.39, 0.29) is 35.5 Å². The van der Waals surface area contributed by atoms with E-state index in [0.29, 0.717) is 24.4 Å². The quantitative estimate of drug-likeness (QED) is 0.784. The van der Waals surface area contributed by atoms with Crippen LogP contribution in [0.1, 0.15) is 12.8 Å². The Kier molecular flexibility index (Phi) is 8.80. The third kappa shape index (κ3) is 6.56. The Labute approximate surface area is 130 Å². The average Bonchev–Trinajstić information content (AvgIpc) is 2.36. The van der Waals surface area contributed by atoms with Gasteiger partial charge in [0.1, 0.15) is 0 Å². The maximum Gasteiger partial charge on any atom is 0.220 e. The SMILES string of the molecule is Cl.NCCCC(=O)NCCS(=O)(=O)c1ccc(Cl)cc1. The van der Waals surface area contributed by atoms with Gasteiger partial charge in [0.05, 0.1) is 10.6 Å². The van der Waals surface area contributed by atoms with E-state index in [0.717, 1.165) is 0 Å². The summed E-state index contributed by atoms with van der Waals surface area (Å²) in [5, 5.41) is 3.04. The van der Waals surface area contributed by atoms with E-state index in [9.17, 15) is 13.2 Å². The molecule has 1 rings (SSSR count). The van der Waals surface area contributed by atoms with E-state index < -0.39 is 9.84 Å². The molecule has 0 spiro atoms. The van der Waals surface area contributed by atoms with Crippen LogP contribution >= 0.6 is 24.0 Å². The number of hydrogen-bond donors (Lipinski definition) is 2. The Balaban J connectivity index is 0.00000361. The lowest BCUT2D eigenvalue weighted by Gasteiger charge is -2.06. The highest BCUT2D eigenvalue weighted by Gasteiger charge is 2.14. The first-order valence-electron chi connectivity index (χ1n) is 5.91. The lowest BCUT2D eigenvalue weighted by molar-refractivity contribution is -0.121. The zero-order chi connectivity index (χ0) is 14.3. The molecule has 0 aliphatic carbocycles. The van der Waals surface area contributed by atoms with Gasteiger partial charge in [0.2, 0.25) is 5.91 Å². The summed E-state index contributed by atoms with van der Waals surface area (Å²) < 4.78 is 23.8. The number of hydrogen-bond acceptors (Lipinski definition) is 4. The normalized spacial score (nSPS) is 10.7. The van der Waals surface area contributed by atoms with Crippen molar-refractivity contribution in [2.45, 2.75) is 17.7 Å². The van der Waals surface area contributed by atoms with Gasteiger partial charge in [-0.05, 0) is 37.2 Å². The van der Waals surface area contributed by atoms with E-state index in [4.69, 9.17) is 17.3 Å². The zero-order valence-electron chi connectivity index (χ0n) is 10.8. The van der Waals surface area contributed by atoms with Gasteiger partial charge in [0.15, 0.2) is 9.84 Å². The lowest BCUT2D eigenvalue weighted by Crippen LogP contribution is -2.29. The van der Waals surface area contributed by atoms with E-state index in [1.165, 1.54) is 24.3 Å². The van der Waals surface area contributed by atoms with Crippen molar-refractivity contribution < 1.29 is 13.2 Å². The Hall–Kier alpha value is -0.820. The van der Waals surface area contributed by atoms with Crippen molar-refractivity contribution in [3.8, 4) is 0 Å². The number of amides is 1. The van der Waals surface area contributed by atoms with Gasteiger partial charge in [-0.25, -0.2) is 8.42 Å². The number of sulfone groups is 1. The first-order chi connectivity index (χ1) is 8.95. The van der Waals surface area contributed by atoms with Crippen molar-refractivity contribution >= 4 is 39.8 Å². The molecule has 0 heterocycles. The number of carbonyl (C=O) groups is 1. The first kappa shape index (κ1) is 19.2. The molecule has 8 heteroatoms. The molecule has 0 radical (unpaired) electrons. The van der Waals surface area contributed by atoms with Crippen LogP contribution < -0.4 is 11.1 Å². The molecule has 0 atom stereocenters. The molecule has 114 valence electrons. The fourth-order valence-corrected chi connectivity index (χ4v) is 2.72. The molecule has 0 aromatic heterocycles. The molecule has 0 saturated heterocycles.